The standard InChI is InChI=1S/C23H25N7/c1-15-10-16(2)30(27-15)22-12-20(25-14-26-22)11-21-17(3)23(19-6-8-24-9-7-19)28-29(21)13-18-4-5-18/h6-10,12,14,18H,4-5,11,13H2,1-3H3. The molecule has 1 aliphatic rings. The summed E-state index contributed by atoms with van der Waals surface area (Å²) in [6.45, 7) is 7.16. The Labute approximate surface area is 175 Å². The second-order valence-electron chi connectivity index (χ2n) is 8.16. The van der Waals surface area contributed by atoms with Gasteiger partial charge in [-0.15, -0.1) is 0 Å². The second kappa shape index (κ2) is 7.48. The molecule has 1 saturated carbocycles. The molecule has 4 heterocycles. The van der Waals surface area contributed by atoms with Crippen LogP contribution in [-0.4, -0.2) is 34.5 Å². The maximum atomic E-state index is 4.98. The summed E-state index contributed by atoms with van der Waals surface area (Å²) in [5.74, 6) is 1.54. The molecule has 0 spiro atoms. The van der Waals surface area contributed by atoms with Crippen molar-refractivity contribution in [3.8, 4) is 17.1 Å². The van der Waals surface area contributed by atoms with Gasteiger partial charge >= 0.3 is 0 Å². The van der Waals surface area contributed by atoms with Crippen LogP contribution in [0.1, 0.15) is 41.2 Å². The van der Waals surface area contributed by atoms with Crippen LogP contribution in [0.25, 0.3) is 17.1 Å². The highest BCUT2D eigenvalue weighted by molar-refractivity contribution is 5.63. The molecule has 0 aliphatic heterocycles. The van der Waals surface area contributed by atoms with Crippen LogP contribution in [0.2, 0.25) is 0 Å². The van der Waals surface area contributed by atoms with Crippen molar-refractivity contribution >= 4 is 0 Å². The van der Waals surface area contributed by atoms with E-state index in [1.54, 1.807) is 6.33 Å². The van der Waals surface area contributed by atoms with E-state index in [0.717, 1.165) is 46.6 Å². The molecule has 0 N–H and O–H groups in total. The van der Waals surface area contributed by atoms with Crippen molar-refractivity contribution in [1.82, 2.24) is 34.5 Å². The predicted molar refractivity (Wildman–Crippen MR) is 114 cm³/mol. The summed E-state index contributed by atoms with van der Waals surface area (Å²) >= 11 is 0. The topological polar surface area (TPSA) is 74.3 Å². The van der Waals surface area contributed by atoms with Gasteiger partial charge in [0.25, 0.3) is 0 Å². The van der Waals surface area contributed by atoms with Gasteiger partial charge in [0.05, 0.1) is 17.1 Å². The number of aromatic nitrogens is 7. The fourth-order valence-electron chi connectivity index (χ4n) is 3.92. The maximum Gasteiger partial charge on any atom is 0.157 e. The van der Waals surface area contributed by atoms with Gasteiger partial charge in [0.1, 0.15) is 6.33 Å². The highest BCUT2D eigenvalue weighted by Gasteiger charge is 2.25. The summed E-state index contributed by atoms with van der Waals surface area (Å²) in [4.78, 5) is 13.1. The van der Waals surface area contributed by atoms with Gasteiger partial charge in [-0.25, -0.2) is 14.6 Å². The first-order valence-corrected chi connectivity index (χ1v) is 10.4. The predicted octanol–water partition coefficient (Wildman–Crippen LogP) is 3.85. The first-order chi connectivity index (χ1) is 14.6. The molecule has 4 aromatic rings. The molecule has 7 nitrogen and oxygen atoms in total. The largest absolute Gasteiger partial charge is 0.268 e. The summed E-state index contributed by atoms with van der Waals surface area (Å²) in [6.07, 6.45) is 8.56. The van der Waals surface area contributed by atoms with Crippen LogP contribution < -0.4 is 0 Å². The Balaban J connectivity index is 1.52. The summed E-state index contributed by atoms with van der Waals surface area (Å²) in [6, 6.07) is 8.12. The average Bonchev–Trinajstić information content (AvgIpc) is 3.44. The van der Waals surface area contributed by atoms with Crippen molar-refractivity contribution in [3.63, 3.8) is 0 Å². The molecule has 0 atom stereocenters. The molecule has 1 aliphatic carbocycles. The van der Waals surface area contributed by atoms with Crippen LogP contribution in [0.4, 0.5) is 0 Å². The quantitative estimate of drug-likeness (QED) is 0.492. The molecule has 4 aromatic heterocycles. The van der Waals surface area contributed by atoms with Gasteiger partial charge in [-0.2, -0.15) is 10.2 Å². The zero-order valence-electron chi connectivity index (χ0n) is 17.6. The minimum atomic E-state index is 0.714. The molecule has 1 fully saturated rings. The van der Waals surface area contributed by atoms with Crippen molar-refractivity contribution in [3.05, 3.63) is 71.3 Å². The van der Waals surface area contributed by atoms with Gasteiger partial charge in [0.15, 0.2) is 5.82 Å². The van der Waals surface area contributed by atoms with Gasteiger partial charge < -0.3 is 0 Å². The minimum absolute atomic E-state index is 0.714. The highest BCUT2D eigenvalue weighted by atomic mass is 15.3. The van der Waals surface area contributed by atoms with E-state index in [4.69, 9.17) is 5.10 Å². The molecular weight excluding hydrogens is 374 g/mol. The van der Waals surface area contributed by atoms with Crippen LogP contribution in [-0.2, 0) is 13.0 Å². The van der Waals surface area contributed by atoms with E-state index in [1.807, 2.05) is 49.1 Å². The Bertz CT molecular complexity index is 1190. The zero-order chi connectivity index (χ0) is 20.7. The molecular formula is C23H25N7. The highest BCUT2D eigenvalue weighted by Crippen LogP contribution is 2.33. The van der Waals surface area contributed by atoms with E-state index in [9.17, 15) is 0 Å². The lowest BCUT2D eigenvalue weighted by Crippen LogP contribution is -2.10. The van der Waals surface area contributed by atoms with Crippen LogP contribution >= 0.6 is 0 Å². The Kier molecular flexibility index (Phi) is 4.65. The molecule has 0 bridgehead atoms. The van der Waals surface area contributed by atoms with Gasteiger partial charge in [0, 0.05) is 48.4 Å². The van der Waals surface area contributed by atoms with Crippen LogP contribution in [0, 0.1) is 26.7 Å². The zero-order valence-corrected chi connectivity index (χ0v) is 17.6. The molecule has 0 amide bonds. The number of aryl methyl sites for hydroxylation is 2. The number of rotatable bonds is 6. The summed E-state index contributed by atoms with van der Waals surface area (Å²) in [5.41, 5.74) is 7.55. The molecule has 152 valence electrons. The van der Waals surface area contributed by atoms with Crippen molar-refractivity contribution in [2.45, 2.75) is 46.6 Å². The first-order valence-electron chi connectivity index (χ1n) is 10.4. The monoisotopic (exact) mass is 399 g/mol. The van der Waals surface area contributed by atoms with Crippen molar-refractivity contribution in [2.24, 2.45) is 5.92 Å². The summed E-state index contributed by atoms with van der Waals surface area (Å²) in [5, 5.41) is 9.54. The third-order valence-corrected chi connectivity index (χ3v) is 5.69. The number of hydrogen-bond donors (Lipinski definition) is 0. The smallest absolute Gasteiger partial charge is 0.157 e. The van der Waals surface area contributed by atoms with Crippen molar-refractivity contribution in [2.75, 3.05) is 0 Å². The van der Waals surface area contributed by atoms with Crippen LogP contribution in [0.15, 0.2) is 43.0 Å². The van der Waals surface area contributed by atoms with E-state index in [-0.39, 0.29) is 0 Å². The number of nitrogens with zero attached hydrogens (tertiary/aromatic N) is 7. The Morgan fingerprint density at radius 1 is 1.00 bits per heavy atom. The van der Waals surface area contributed by atoms with E-state index in [0.29, 0.717) is 6.42 Å². The molecule has 7 heteroatoms. The van der Waals surface area contributed by atoms with Gasteiger partial charge in [-0.3, -0.25) is 9.67 Å². The van der Waals surface area contributed by atoms with Crippen molar-refractivity contribution < 1.29 is 0 Å². The first kappa shape index (κ1) is 18.7. The normalized spacial score (nSPS) is 13.7. The lowest BCUT2D eigenvalue weighted by atomic mass is 10.1. The fraction of sp³-hybridized carbons (Fsp3) is 0.348. The molecule has 30 heavy (non-hydrogen) atoms. The average molecular weight is 400 g/mol. The molecule has 0 aromatic carbocycles. The molecule has 0 radical (unpaired) electrons. The second-order valence-corrected chi connectivity index (χ2v) is 8.16. The van der Waals surface area contributed by atoms with E-state index < -0.39 is 0 Å². The lowest BCUT2D eigenvalue weighted by molar-refractivity contribution is 0.544. The summed E-state index contributed by atoms with van der Waals surface area (Å²) < 4.78 is 4.06. The van der Waals surface area contributed by atoms with Crippen LogP contribution in [0.5, 0.6) is 0 Å². The van der Waals surface area contributed by atoms with E-state index >= 15 is 0 Å². The SMILES string of the molecule is Cc1cc(C)n(-c2cc(Cc3c(C)c(-c4ccncc4)nn3CC3CC3)ncn2)n1. The molecule has 0 unspecified atom stereocenters. The van der Waals surface area contributed by atoms with Gasteiger partial charge in [-0.1, -0.05) is 0 Å². The Hall–Kier alpha value is -3.35. The third-order valence-electron chi connectivity index (χ3n) is 5.69. The fourth-order valence-corrected chi connectivity index (χ4v) is 3.92. The number of hydrogen-bond acceptors (Lipinski definition) is 5. The Morgan fingerprint density at radius 2 is 1.80 bits per heavy atom. The van der Waals surface area contributed by atoms with Gasteiger partial charge in [0.2, 0.25) is 0 Å². The molecule has 0 saturated heterocycles. The summed E-state index contributed by atoms with van der Waals surface area (Å²) in [7, 11) is 0. The van der Waals surface area contributed by atoms with E-state index in [2.05, 4.69) is 37.7 Å². The Morgan fingerprint density at radius 3 is 2.50 bits per heavy atom. The van der Waals surface area contributed by atoms with Gasteiger partial charge in [-0.05, 0) is 63.3 Å². The lowest BCUT2D eigenvalue weighted by Gasteiger charge is -2.09. The van der Waals surface area contributed by atoms with Crippen LogP contribution in [0.3, 0.4) is 0 Å². The number of pyridine rings is 1. The van der Waals surface area contributed by atoms with E-state index in [1.165, 1.54) is 24.1 Å². The third kappa shape index (κ3) is 3.63. The van der Waals surface area contributed by atoms with Crippen molar-refractivity contribution in [1.29, 1.82) is 0 Å². The molecule has 5 rings (SSSR count). The maximum absolute atomic E-state index is 4.98. The minimum Gasteiger partial charge on any atom is -0.268 e.